The summed E-state index contributed by atoms with van der Waals surface area (Å²) in [5.74, 6) is 3.76. The summed E-state index contributed by atoms with van der Waals surface area (Å²) >= 11 is 0. The lowest BCUT2D eigenvalue weighted by atomic mass is 9.53. The molecule has 0 amide bonds. The zero-order chi connectivity index (χ0) is 18.8. The first kappa shape index (κ1) is 18.3. The average Bonchev–Trinajstić information content (AvgIpc) is 2.70. The lowest BCUT2D eigenvalue weighted by Gasteiger charge is -2.55. The van der Waals surface area contributed by atoms with E-state index >= 15 is 0 Å². The number of aromatic nitrogens is 1. The van der Waals surface area contributed by atoms with Gasteiger partial charge in [-0.05, 0) is 66.5 Å². The van der Waals surface area contributed by atoms with Gasteiger partial charge >= 0.3 is 0 Å². The van der Waals surface area contributed by atoms with E-state index in [0.29, 0.717) is 12.0 Å². The molecule has 2 aliphatic carbocycles. The van der Waals surface area contributed by atoms with Gasteiger partial charge in [0.25, 0.3) is 0 Å². The highest BCUT2D eigenvalue weighted by atomic mass is 16.5. The molecule has 0 unspecified atom stereocenters. The third-order valence-corrected chi connectivity index (χ3v) is 6.64. The third kappa shape index (κ3) is 3.43. The molecule has 1 aromatic carbocycles. The Morgan fingerprint density at radius 2 is 1.81 bits per heavy atom. The summed E-state index contributed by atoms with van der Waals surface area (Å²) in [6, 6.07) is 9.12. The first-order valence-electron chi connectivity index (χ1n) is 10.1. The Morgan fingerprint density at radius 1 is 1.04 bits per heavy atom. The molecule has 4 nitrogen and oxygen atoms in total. The minimum Gasteiger partial charge on any atom is -0.493 e. The number of hydrogen-bond donors (Lipinski definition) is 1. The molecule has 2 saturated carbocycles. The van der Waals surface area contributed by atoms with Crippen LogP contribution in [0.3, 0.4) is 0 Å². The third-order valence-electron chi connectivity index (χ3n) is 6.64. The van der Waals surface area contributed by atoms with Gasteiger partial charge in [-0.3, -0.25) is 4.98 Å². The molecule has 1 N–H and O–H groups in total. The van der Waals surface area contributed by atoms with Gasteiger partial charge in [-0.25, -0.2) is 0 Å². The molecule has 2 aliphatic rings. The first-order chi connectivity index (χ1) is 13.2. The molecule has 144 valence electrons. The van der Waals surface area contributed by atoms with Gasteiger partial charge in [0.2, 0.25) is 0 Å². The molecule has 0 bridgehead atoms. The number of nitrogens with one attached hydrogen (secondary N) is 1. The van der Waals surface area contributed by atoms with Gasteiger partial charge in [0, 0.05) is 30.9 Å². The second-order valence-corrected chi connectivity index (χ2v) is 7.96. The SMILES string of the molecule is COc1ccc([C@H]2[C@@H]3CCCC[C@@H]3[C@@H]2NCc2ccncc2C)cc1OC. The fourth-order valence-electron chi connectivity index (χ4n) is 5.19. The zero-order valence-corrected chi connectivity index (χ0v) is 16.6. The fourth-order valence-corrected chi connectivity index (χ4v) is 5.19. The summed E-state index contributed by atoms with van der Waals surface area (Å²) in [4.78, 5) is 4.22. The van der Waals surface area contributed by atoms with Gasteiger partial charge in [0.15, 0.2) is 11.5 Å². The van der Waals surface area contributed by atoms with Gasteiger partial charge in [-0.15, -0.1) is 0 Å². The van der Waals surface area contributed by atoms with Crippen molar-refractivity contribution in [2.45, 2.75) is 51.1 Å². The van der Waals surface area contributed by atoms with Gasteiger partial charge in [0.05, 0.1) is 14.2 Å². The minimum absolute atomic E-state index is 0.529. The molecule has 4 atom stereocenters. The number of fused-ring (bicyclic) bond motifs is 1. The predicted octanol–water partition coefficient (Wildman–Crippen LogP) is 4.47. The maximum atomic E-state index is 5.56. The van der Waals surface area contributed by atoms with Crippen molar-refractivity contribution in [1.29, 1.82) is 0 Å². The molecule has 0 spiro atoms. The van der Waals surface area contributed by atoms with Crippen molar-refractivity contribution in [2.24, 2.45) is 11.8 Å². The number of benzene rings is 1. The zero-order valence-electron chi connectivity index (χ0n) is 16.6. The van der Waals surface area contributed by atoms with Crippen LogP contribution in [0.25, 0.3) is 0 Å². The highest BCUT2D eigenvalue weighted by Gasteiger charge is 2.51. The van der Waals surface area contributed by atoms with Crippen LogP contribution in [0.5, 0.6) is 11.5 Å². The molecule has 4 rings (SSSR count). The Balaban J connectivity index is 1.56. The van der Waals surface area contributed by atoms with Crippen molar-refractivity contribution in [3.05, 3.63) is 53.3 Å². The van der Waals surface area contributed by atoms with E-state index in [1.807, 2.05) is 18.5 Å². The van der Waals surface area contributed by atoms with Gasteiger partial charge in [-0.1, -0.05) is 18.9 Å². The second kappa shape index (κ2) is 7.89. The molecule has 2 fully saturated rings. The molecule has 0 radical (unpaired) electrons. The predicted molar refractivity (Wildman–Crippen MR) is 107 cm³/mol. The summed E-state index contributed by atoms with van der Waals surface area (Å²) in [6.45, 7) is 3.05. The fraction of sp³-hybridized carbons (Fsp3) is 0.522. The number of pyridine rings is 1. The molecule has 4 heteroatoms. The maximum Gasteiger partial charge on any atom is 0.160 e. The lowest BCUT2D eigenvalue weighted by Crippen LogP contribution is -2.57. The van der Waals surface area contributed by atoms with Crippen molar-refractivity contribution >= 4 is 0 Å². The van der Waals surface area contributed by atoms with Crippen LogP contribution in [-0.4, -0.2) is 25.2 Å². The number of methoxy groups -OCH3 is 2. The van der Waals surface area contributed by atoms with Gasteiger partial charge in [0.1, 0.15) is 0 Å². The van der Waals surface area contributed by atoms with E-state index in [-0.39, 0.29) is 0 Å². The van der Waals surface area contributed by atoms with E-state index in [2.05, 4.69) is 35.4 Å². The maximum absolute atomic E-state index is 5.56. The standard InChI is InChI=1S/C23H30N2O2/c1-15-13-24-11-10-17(15)14-25-23-19-7-5-4-6-18(19)22(23)16-8-9-20(26-2)21(12-16)27-3/h8-13,18-19,22-23,25H,4-7,14H2,1-3H3/t18-,19+,22+,23+/m1/s1. The van der Waals surface area contributed by atoms with Crippen molar-refractivity contribution in [3.63, 3.8) is 0 Å². The van der Waals surface area contributed by atoms with Gasteiger partial charge in [-0.2, -0.15) is 0 Å². The van der Waals surface area contributed by atoms with Crippen LogP contribution in [0.1, 0.15) is 48.3 Å². The normalized spacial score (nSPS) is 26.8. The molecule has 0 saturated heterocycles. The topological polar surface area (TPSA) is 43.4 Å². The summed E-state index contributed by atoms with van der Waals surface area (Å²) in [5, 5.41) is 3.89. The van der Waals surface area contributed by atoms with Crippen LogP contribution in [0.4, 0.5) is 0 Å². The van der Waals surface area contributed by atoms with E-state index in [9.17, 15) is 0 Å². The minimum atomic E-state index is 0.529. The van der Waals surface area contributed by atoms with Crippen LogP contribution >= 0.6 is 0 Å². The van der Waals surface area contributed by atoms with E-state index in [4.69, 9.17) is 9.47 Å². The van der Waals surface area contributed by atoms with E-state index in [1.54, 1.807) is 14.2 Å². The largest absolute Gasteiger partial charge is 0.493 e. The summed E-state index contributed by atoms with van der Waals surface area (Å²) < 4.78 is 11.0. The van der Waals surface area contributed by atoms with Crippen LogP contribution in [0.15, 0.2) is 36.7 Å². The lowest BCUT2D eigenvalue weighted by molar-refractivity contribution is 0.0252. The number of nitrogens with zero attached hydrogens (tertiary/aromatic N) is 1. The Morgan fingerprint density at radius 3 is 2.56 bits per heavy atom. The van der Waals surface area contributed by atoms with E-state index < -0.39 is 0 Å². The van der Waals surface area contributed by atoms with Gasteiger partial charge < -0.3 is 14.8 Å². The van der Waals surface area contributed by atoms with E-state index in [0.717, 1.165) is 29.9 Å². The number of rotatable bonds is 6. The highest BCUT2D eigenvalue weighted by Crippen LogP contribution is 2.55. The van der Waals surface area contributed by atoms with Crippen LogP contribution in [0, 0.1) is 18.8 Å². The molecule has 27 heavy (non-hydrogen) atoms. The van der Waals surface area contributed by atoms with E-state index in [1.165, 1.54) is 42.4 Å². The summed E-state index contributed by atoms with van der Waals surface area (Å²) in [5.41, 5.74) is 3.97. The molecule has 0 aliphatic heterocycles. The summed E-state index contributed by atoms with van der Waals surface area (Å²) in [6.07, 6.45) is 9.26. The molecular formula is C23H30N2O2. The number of aryl methyl sites for hydroxylation is 1. The molecule has 2 aromatic rings. The Hall–Kier alpha value is -2.07. The number of hydrogen-bond acceptors (Lipinski definition) is 4. The smallest absolute Gasteiger partial charge is 0.160 e. The second-order valence-electron chi connectivity index (χ2n) is 7.96. The monoisotopic (exact) mass is 366 g/mol. The Bertz CT molecular complexity index is 792. The average molecular weight is 367 g/mol. The first-order valence-corrected chi connectivity index (χ1v) is 10.1. The van der Waals surface area contributed by atoms with Crippen molar-refractivity contribution in [3.8, 4) is 11.5 Å². The molecule has 1 heterocycles. The van der Waals surface area contributed by atoms with Crippen LogP contribution in [-0.2, 0) is 6.54 Å². The Kier molecular flexibility index (Phi) is 5.35. The molecular weight excluding hydrogens is 336 g/mol. The quantitative estimate of drug-likeness (QED) is 0.819. The molecule has 1 aromatic heterocycles. The Labute approximate surface area is 162 Å². The van der Waals surface area contributed by atoms with Crippen LogP contribution < -0.4 is 14.8 Å². The number of ether oxygens (including phenoxy) is 2. The van der Waals surface area contributed by atoms with Crippen molar-refractivity contribution in [2.75, 3.05) is 14.2 Å². The highest BCUT2D eigenvalue weighted by molar-refractivity contribution is 5.45. The summed E-state index contributed by atoms with van der Waals surface area (Å²) in [7, 11) is 3.41. The van der Waals surface area contributed by atoms with Crippen LogP contribution in [0.2, 0.25) is 0 Å². The van der Waals surface area contributed by atoms with Crippen molar-refractivity contribution in [1.82, 2.24) is 10.3 Å². The van der Waals surface area contributed by atoms with Crippen molar-refractivity contribution < 1.29 is 9.47 Å².